The molecule has 0 aromatic carbocycles. The summed E-state index contributed by atoms with van der Waals surface area (Å²) in [6.45, 7) is 4.70. The molecule has 0 radical (unpaired) electrons. The molecule has 0 aliphatic carbocycles. The summed E-state index contributed by atoms with van der Waals surface area (Å²) >= 11 is 0. The van der Waals surface area contributed by atoms with Crippen LogP contribution >= 0.6 is 0 Å². The van der Waals surface area contributed by atoms with Gasteiger partial charge in [0.15, 0.2) is 0 Å². The van der Waals surface area contributed by atoms with E-state index < -0.39 is 151 Å². The van der Waals surface area contributed by atoms with Crippen molar-refractivity contribution in [3.8, 4) is 0 Å². The van der Waals surface area contributed by atoms with Crippen molar-refractivity contribution >= 4 is 65.0 Å². The third-order valence-electron chi connectivity index (χ3n) is 9.85. The highest BCUT2D eigenvalue weighted by atomic mass is 16.4. The molecule has 0 saturated carbocycles. The van der Waals surface area contributed by atoms with Gasteiger partial charge in [-0.2, -0.15) is 0 Å². The highest BCUT2D eigenvalue weighted by Gasteiger charge is 2.41. The number of likely N-dealkylation sites (tertiary alicyclic amines) is 1. The average Bonchev–Trinajstić information content (AvgIpc) is 3.69. The topological polar surface area (TPSA) is 428 Å². The molecule has 1 heterocycles. The number of hydrogen-bond acceptors (Lipinski definition) is 14. The number of rotatable bonds is 27. The third kappa shape index (κ3) is 17.3. The van der Waals surface area contributed by atoms with Crippen molar-refractivity contribution in [2.75, 3.05) is 19.8 Å². The summed E-state index contributed by atoms with van der Waals surface area (Å²) in [5.41, 5.74) is 21.1. The molecule has 1 fully saturated rings. The molecule has 61 heavy (non-hydrogen) atoms. The Labute approximate surface area is 351 Å². The maximum atomic E-state index is 13.8. The lowest BCUT2D eigenvalue weighted by Gasteiger charge is -2.32. The number of carbonyl (C=O) groups excluding carboxylic acids is 10. The number of aliphatic hydroxyl groups is 2. The molecule has 1 aliphatic heterocycles. The first-order chi connectivity index (χ1) is 28.5. The van der Waals surface area contributed by atoms with Crippen LogP contribution in [-0.4, -0.2) is 153 Å². The maximum absolute atomic E-state index is 13.8. The van der Waals surface area contributed by atoms with Crippen molar-refractivity contribution in [3.63, 3.8) is 0 Å². The van der Waals surface area contributed by atoms with Crippen LogP contribution in [0.2, 0.25) is 0 Å². The van der Waals surface area contributed by atoms with Crippen molar-refractivity contribution in [1.29, 1.82) is 0 Å². The van der Waals surface area contributed by atoms with E-state index in [1.807, 2.05) is 0 Å². The Morgan fingerprint density at radius 3 is 1.64 bits per heavy atom. The second-order valence-electron chi connectivity index (χ2n) is 15.0. The number of nitrogens with one attached hydrogen (secondary N) is 6. The summed E-state index contributed by atoms with van der Waals surface area (Å²) in [6.07, 6.45) is -1.53. The summed E-state index contributed by atoms with van der Waals surface area (Å²) in [5, 5.41) is 43.0. The first kappa shape index (κ1) is 53.1. The normalized spacial score (nSPS) is 17.5. The number of carbonyl (C=O) groups is 11. The Bertz CT molecular complexity index is 1630. The number of aliphatic carboxylic acids is 1. The van der Waals surface area contributed by atoms with Gasteiger partial charge < -0.3 is 75.1 Å². The predicted molar refractivity (Wildman–Crippen MR) is 211 cm³/mol. The smallest absolute Gasteiger partial charge is 0.326 e. The number of primary amides is 3. The molecule has 0 bridgehead atoms. The minimum Gasteiger partial charge on any atom is -0.480 e. The number of carboxylic acids is 1. The van der Waals surface area contributed by atoms with Crippen molar-refractivity contribution in [2.45, 2.75) is 127 Å². The van der Waals surface area contributed by atoms with E-state index in [-0.39, 0.29) is 38.6 Å². The molecule has 17 N–H and O–H groups in total. The number of amides is 10. The molecule has 0 aromatic rings. The van der Waals surface area contributed by atoms with E-state index in [4.69, 9.17) is 22.9 Å². The van der Waals surface area contributed by atoms with E-state index in [0.29, 0.717) is 6.42 Å². The number of aliphatic hydroxyl groups excluding tert-OH is 2. The average molecular weight is 872 g/mol. The summed E-state index contributed by atoms with van der Waals surface area (Å²) < 4.78 is 0. The predicted octanol–water partition coefficient (Wildman–Crippen LogP) is -6.61. The van der Waals surface area contributed by atoms with Crippen LogP contribution in [0, 0.1) is 11.8 Å². The number of carboxylic acid groups (broad SMARTS) is 1. The molecular weight excluding hydrogens is 810 g/mol. The molecule has 1 aliphatic rings. The van der Waals surface area contributed by atoms with Gasteiger partial charge in [-0.1, -0.05) is 34.1 Å². The van der Waals surface area contributed by atoms with E-state index in [2.05, 4.69) is 31.9 Å². The number of nitrogens with two attached hydrogens (primary N) is 4. The van der Waals surface area contributed by atoms with Gasteiger partial charge in [-0.25, -0.2) is 4.79 Å². The van der Waals surface area contributed by atoms with Gasteiger partial charge in [-0.15, -0.1) is 0 Å². The third-order valence-corrected chi connectivity index (χ3v) is 9.85. The fourth-order valence-corrected chi connectivity index (χ4v) is 6.10. The van der Waals surface area contributed by atoms with Gasteiger partial charge in [0.1, 0.15) is 48.3 Å². The molecule has 0 spiro atoms. The van der Waals surface area contributed by atoms with Crippen LogP contribution in [0.15, 0.2) is 0 Å². The molecule has 25 nitrogen and oxygen atoms in total. The van der Waals surface area contributed by atoms with Gasteiger partial charge in [0.2, 0.25) is 59.1 Å². The Balaban J connectivity index is 3.24. The Morgan fingerprint density at radius 2 is 1.15 bits per heavy atom. The summed E-state index contributed by atoms with van der Waals surface area (Å²) in [4.78, 5) is 141. The van der Waals surface area contributed by atoms with Crippen molar-refractivity contribution in [1.82, 2.24) is 36.8 Å². The van der Waals surface area contributed by atoms with Gasteiger partial charge >= 0.3 is 5.97 Å². The van der Waals surface area contributed by atoms with E-state index >= 15 is 0 Å². The van der Waals surface area contributed by atoms with Crippen LogP contribution in [0.5, 0.6) is 0 Å². The summed E-state index contributed by atoms with van der Waals surface area (Å²) in [7, 11) is 0. The van der Waals surface area contributed by atoms with Gasteiger partial charge in [0, 0.05) is 19.4 Å². The zero-order valence-electron chi connectivity index (χ0n) is 34.6. The second-order valence-corrected chi connectivity index (χ2v) is 15.0. The van der Waals surface area contributed by atoms with Crippen LogP contribution in [0.25, 0.3) is 0 Å². The zero-order valence-corrected chi connectivity index (χ0v) is 34.6. The van der Waals surface area contributed by atoms with Gasteiger partial charge in [0.25, 0.3) is 0 Å². The van der Waals surface area contributed by atoms with Crippen LogP contribution in [0.4, 0.5) is 0 Å². The van der Waals surface area contributed by atoms with Crippen LogP contribution in [0.3, 0.4) is 0 Å². The fraction of sp³-hybridized carbons (Fsp3) is 0.694. The van der Waals surface area contributed by atoms with E-state index in [9.17, 15) is 68.1 Å². The SMILES string of the molecule is CC[C@H](C)[C@H](NC(=O)[C@@H]1CCCN1C(=O)[C@H](CO)NC(=O)[C@H](CC(N)=O)NC(=O)[C@H](CCC(N)=O)NC(=O)[C@@H](N)CO)C(=O)N[C@H](C(=O)N[C@@H](CCC(N)=O)C(=O)O)C(C)C. The highest BCUT2D eigenvalue weighted by Crippen LogP contribution is 2.20. The van der Waals surface area contributed by atoms with Gasteiger partial charge in [-0.3, -0.25) is 47.9 Å². The van der Waals surface area contributed by atoms with Crippen molar-refractivity contribution < 1.29 is 68.1 Å². The van der Waals surface area contributed by atoms with E-state index in [0.717, 1.165) is 4.90 Å². The summed E-state index contributed by atoms with van der Waals surface area (Å²) in [6, 6.07) is -11.8. The summed E-state index contributed by atoms with van der Waals surface area (Å²) in [5.74, 6) is -12.0. The fourth-order valence-electron chi connectivity index (χ4n) is 6.10. The molecule has 9 atom stereocenters. The first-order valence-corrected chi connectivity index (χ1v) is 19.7. The Kier molecular flexibility index (Phi) is 22.3. The molecule has 1 rings (SSSR count). The minimum absolute atomic E-state index is 0.0295. The number of hydrogen-bond donors (Lipinski definition) is 13. The molecular formula is C36H61N11O14. The Hall–Kier alpha value is -5.95. The van der Waals surface area contributed by atoms with Crippen molar-refractivity contribution in [3.05, 3.63) is 0 Å². The van der Waals surface area contributed by atoms with Gasteiger partial charge in [0.05, 0.1) is 19.6 Å². The first-order valence-electron chi connectivity index (χ1n) is 19.7. The number of nitrogens with zero attached hydrogens (tertiary/aromatic N) is 1. The molecule has 0 unspecified atom stereocenters. The quantitative estimate of drug-likeness (QED) is 0.0365. The lowest BCUT2D eigenvalue weighted by Crippen LogP contribution is -2.61. The monoisotopic (exact) mass is 871 g/mol. The van der Waals surface area contributed by atoms with Crippen molar-refractivity contribution in [2.24, 2.45) is 34.8 Å². The standard InChI is InChI=1S/C36H61N11O14/c1-5-17(4)28(34(58)45-27(16(2)3)33(57)42-20(36(60)61)9-11-25(39)51)46-32(56)23-7-6-12-47(23)35(59)22(15-49)44-31(55)21(13-26(40)52)43-30(54)19(8-10-24(38)50)41-29(53)18(37)14-48/h16-23,27-28,48-49H,5-15,37H2,1-4H3,(H2,38,50)(H2,39,51)(H2,40,52)(H,41,53)(H,42,57)(H,43,54)(H,44,55)(H,45,58)(H,46,56)(H,60,61)/t17-,18-,19-,20-,21-,22-,23-,27-,28-/m0/s1. The Morgan fingerprint density at radius 1 is 0.639 bits per heavy atom. The minimum atomic E-state index is -1.79. The zero-order chi connectivity index (χ0) is 46.7. The van der Waals surface area contributed by atoms with E-state index in [1.165, 1.54) is 0 Å². The van der Waals surface area contributed by atoms with Crippen LogP contribution in [0.1, 0.15) is 79.1 Å². The molecule has 344 valence electrons. The van der Waals surface area contributed by atoms with Crippen LogP contribution in [-0.2, 0) is 52.7 Å². The molecule has 0 aromatic heterocycles. The second kappa shape index (κ2) is 25.6. The largest absolute Gasteiger partial charge is 0.480 e. The molecule has 1 saturated heterocycles. The molecule has 25 heteroatoms. The molecule has 10 amide bonds. The van der Waals surface area contributed by atoms with Gasteiger partial charge in [-0.05, 0) is 37.5 Å². The maximum Gasteiger partial charge on any atom is 0.326 e. The van der Waals surface area contributed by atoms with Crippen LogP contribution < -0.4 is 54.8 Å². The lowest BCUT2D eigenvalue weighted by molar-refractivity contribution is -0.144. The highest BCUT2D eigenvalue weighted by molar-refractivity contribution is 5.99. The lowest BCUT2D eigenvalue weighted by atomic mass is 9.96. The van der Waals surface area contributed by atoms with E-state index in [1.54, 1.807) is 27.7 Å².